The summed E-state index contributed by atoms with van der Waals surface area (Å²) in [6.07, 6.45) is -1.16. The van der Waals surface area contributed by atoms with E-state index in [2.05, 4.69) is 4.98 Å². The van der Waals surface area contributed by atoms with Crippen molar-refractivity contribution in [1.29, 1.82) is 0 Å². The van der Waals surface area contributed by atoms with Crippen LogP contribution in [-0.2, 0) is 17.5 Å². The van der Waals surface area contributed by atoms with Gasteiger partial charge in [0.25, 0.3) is 5.91 Å². The van der Waals surface area contributed by atoms with Crippen LogP contribution >= 0.6 is 35.3 Å². The maximum absolute atomic E-state index is 12.8. The zero-order valence-corrected chi connectivity index (χ0v) is 14.4. The normalized spacial score (nSPS) is 17.1. The van der Waals surface area contributed by atoms with Gasteiger partial charge in [0, 0.05) is 11.6 Å². The van der Waals surface area contributed by atoms with Crippen molar-refractivity contribution < 1.29 is 18.0 Å². The number of alkyl halides is 3. The van der Waals surface area contributed by atoms with Gasteiger partial charge in [-0.2, -0.15) is 13.2 Å². The van der Waals surface area contributed by atoms with Gasteiger partial charge >= 0.3 is 6.18 Å². The Labute approximate surface area is 149 Å². The minimum atomic E-state index is -4.42. The fraction of sp³-hybridized carbons (Fsp3) is 0.133. The van der Waals surface area contributed by atoms with Gasteiger partial charge in [-0.15, -0.1) is 11.3 Å². The van der Waals surface area contributed by atoms with Crippen LogP contribution < -0.4 is 0 Å². The van der Waals surface area contributed by atoms with Crippen molar-refractivity contribution in [3.8, 4) is 0 Å². The number of nitrogens with zero attached hydrogens (tertiary/aromatic N) is 2. The quantitative estimate of drug-likeness (QED) is 0.572. The molecule has 0 unspecified atom stereocenters. The van der Waals surface area contributed by atoms with Crippen LogP contribution in [0.4, 0.5) is 13.2 Å². The molecule has 2 aromatic rings. The number of carbonyl (C=O) groups excluding carboxylic acids is 1. The standard InChI is InChI=1S/C15H9F3N2OS3/c16-15(17,18)10-3-1-2-9(6-10)8-20-13(21)11(24-14(20)22)7-12-19-4-5-23-12/h1-7H,8H2/b11-7-. The number of benzene rings is 1. The Morgan fingerprint density at radius 3 is 2.79 bits per heavy atom. The van der Waals surface area contributed by atoms with Gasteiger partial charge in [0.05, 0.1) is 17.0 Å². The van der Waals surface area contributed by atoms with Gasteiger partial charge < -0.3 is 0 Å². The predicted molar refractivity (Wildman–Crippen MR) is 92.3 cm³/mol. The lowest BCUT2D eigenvalue weighted by Gasteiger charge is -2.15. The van der Waals surface area contributed by atoms with Gasteiger partial charge in [0.15, 0.2) is 0 Å². The summed E-state index contributed by atoms with van der Waals surface area (Å²) in [5.41, 5.74) is -0.375. The van der Waals surface area contributed by atoms with Gasteiger partial charge in [-0.25, -0.2) is 4.98 Å². The second kappa shape index (κ2) is 6.66. The van der Waals surface area contributed by atoms with E-state index >= 15 is 0 Å². The van der Waals surface area contributed by atoms with Crippen LogP contribution in [0.25, 0.3) is 6.08 Å². The van der Waals surface area contributed by atoms with E-state index in [1.807, 2.05) is 0 Å². The second-order valence-corrected chi connectivity index (χ2v) is 7.44. The molecule has 1 aromatic heterocycles. The van der Waals surface area contributed by atoms with E-state index in [0.717, 1.165) is 23.9 Å². The lowest BCUT2D eigenvalue weighted by Crippen LogP contribution is -2.27. The van der Waals surface area contributed by atoms with E-state index in [1.165, 1.54) is 22.3 Å². The Kier molecular flexibility index (Phi) is 4.75. The summed E-state index contributed by atoms with van der Waals surface area (Å²) < 4.78 is 38.7. The Hall–Kier alpha value is -1.71. The molecule has 1 fully saturated rings. The van der Waals surface area contributed by atoms with Crippen molar-refractivity contribution in [2.45, 2.75) is 12.7 Å². The fourth-order valence-corrected chi connectivity index (χ4v) is 3.96. The zero-order chi connectivity index (χ0) is 17.3. The fourth-order valence-electron chi connectivity index (χ4n) is 2.08. The summed E-state index contributed by atoms with van der Waals surface area (Å²) in [6.45, 7) is 0.00377. The van der Waals surface area contributed by atoms with E-state index < -0.39 is 11.7 Å². The monoisotopic (exact) mass is 386 g/mol. The average Bonchev–Trinajstić information content (AvgIpc) is 3.11. The molecule has 1 amide bonds. The smallest absolute Gasteiger partial charge is 0.288 e. The van der Waals surface area contributed by atoms with E-state index in [0.29, 0.717) is 19.8 Å². The molecule has 1 saturated heterocycles. The number of halogens is 3. The average molecular weight is 386 g/mol. The highest BCUT2D eigenvalue weighted by atomic mass is 32.2. The van der Waals surface area contributed by atoms with Crippen LogP contribution in [-0.4, -0.2) is 20.1 Å². The van der Waals surface area contributed by atoms with E-state index in [9.17, 15) is 18.0 Å². The van der Waals surface area contributed by atoms with Crippen LogP contribution in [0.3, 0.4) is 0 Å². The highest BCUT2D eigenvalue weighted by Crippen LogP contribution is 2.35. The van der Waals surface area contributed by atoms with Gasteiger partial charge in [0.2, 0.25) is 0 Å². The Morgan fingerprint density at radius 2 is 2.12 bits per heavy atom. The molecule has 2 heterocycles. The molecule has 0 saturated carbocycles. The van der Waals surface area contributed by atoms with Crippen molar-refractivity contribution >= 4 is 51.6 Å². The molecular weight excluding hydrogens is 377 g/mol. The number of thiazole rings is 1. The molecule has 0 N–H and O–H groups in total. The van der Waals surface area contributed by atoms with Crippen LogP contribution in [0.5, 0.6) is 0 Å². The summed E-state index contributed by atoms with van der Waals surface area (Å²) in [5, 5.41) is 2.46. The molecule has 0 radical (unpaired) electrons. The second-order valence-electron chi connectivity index (χ2n) is 4.84. The van der Waals surface area contributed by atoms with Gasteiger partial charge in [0.1, 0.15) is 9.33 Å². The number of rotatable bonds is 3. The van der Waals surface area contributed by atoms with Crippen LogP contribution in [0, 0.1) is 0 Å². The maximum atomic E-state index is 12.8. The van der Waals surface area contributed by atoms with Gasteiger partial charge in [-0.1, -0.05) is 36.1 Å². The van der Waals surface area contributed by atoms with Crippen LogP contribution in [0.1, 0.15) is 16.1 Å². The highest BCUT2D eigenvalue weighted by molar-refractivity contribution is 8.26. The molecular formula is C15H9F3N2OS3. The molecule has 0 aliphatic carbocycles. The number of amides is 1. The molecule has 3 rings (SSSR count). The minimum Gasteiger partial charge on any atom is -0.288 e. The predicted octanol–water partition coefficient (Wildman–Crippen LogP) is 4.56. The summed E-state index contributed by atoms with van der Waals surface area (Å²) in [6, 6.07) is 4.89. The third-order valence-corrected chi connectivity index (χ3v) is 5.27. The van der Waals surface area contributed by atoms with Gasteiger partial charge in [-0.05, 0) is 23.8 Å². The largest absolute Gasteiger partial charge is 0.416 e. The lowest BCUT2D eigenvalue weighted by molar-refractivity contribution is -0.137. The van der Waals surface area contributed by atoms with Crippen molar-refractivity contribution in [2.24, 2.45) is 0 Å². The van der Waals surface area contributed by atoms with E-state index in [-0.39, 0.29) is 12.5 Å². The number of thiocarbonyl (C=S) groups is 1. The summed E-state index contributed by atoms with van der Waals surface area (Å²) in [4.78, 5) is 18.2. The molecule has 1 aromatic carbocycles. The molecule has 1 aliphatic rings. The number of hydrogen-bond acceptors (Lipinski definition) is 5. The molecule has 24 heavy (non-hydrogen) atoms. The molecule has 124 valence electrons. The van der Waals surface area contributed by atoms with E-state index in [4.69, 9.17) is 12.2 Å². The number of hydrogen-bond donors (Lipinski definition) is 0. The lowest BCUT2D eigenvalue weighted by atomic mass is 10.1. The third kappa shape index (κ3) is 3.68. The molecule has 1 aliphatic heterocycles. The molecule has 3 nitrogen and oxygen atoms in total. The number of thioether (sulfide) groups is 1. The molecule has 0 atom stereocenters. The SMILES string of the molecule is O=C1/C(=C/c2nccs2)SC(=S)N1Cc1cccc(C(F)(F)F)c1. The zero-order valence-electron chi connectivity index (χ0n) is 11.9. The topological polar surface area (TPSA) is 33.2 Å². The van der Waals surface area contributed by atoms with Crippen molar-refractivity contribution in [2.75, 3.05) is 0 Å². The summed E-state index contributed by atoms with van der Waals surface area (Å²) in [7, 11) is 0. The van der Waals surface area contributed by atoms with Crippen LogP contribution in [0.15, 0.2) is 40.7 Å². The van der Waals surface area contributed by atoms with Crippen LogP contribution in [0.2, 0.25) is 0 Å². The Bertz CT molecular complexity index is 816. The Morgan fingerprint density at radius 1 is 1.33 bits per heavy atom. The van der Waals surface area contributed by atoms with E-state index in [1.54, 1.807) is 23.7 Å². The minimum absolute atomic E-state index is 0.00377. The molecule has 9 heteroatoms. The first-order valence-electron chi connectivity index (χ1n) is 6.65. The van der Waals surface area contributed by atoms with Crippen molar-refractivity contribution in [1.82, 2.24) is 9.88 Å². The third-order valence-electron chi connectivity index (χ3n) is 3.17. The highest BCUT2D eigenvalue weighted by Gasteiger charge is 2.34. The molecule has 0 bridgehead atoms. The number of aromatic nitrogens is 1. The van der Waals surface area contributed by atoms with Crippen molar-refractivity contribution in [3.63, 3.8) is 0 Å². The first kappa shape index (κ1) is 17.1. The molecule has 0 spiro atoms. The van der Waals surface area contributed by atoms with Crippen molar-refractivity contribution in [3.05, 3.63) is 56.9 Å². The Balaban J connectivity index is 1.81. The first-order valence-corrected chi connectivity index (χ1v) is 8.76. The number of carbonyl (C=O) groups is 1. The van der Waals surface area contributed by atoms with Gasteiger partial charge in [-0.3, -0.25) is 9.69 Å². The summed E-state index contributed by atoms with van der Waals surface area (Å²) in [5.74, 6) is -0.322. The first-order chi connectivity index (χ1) is 11.3. The summed E-state index contributed by atoms with van der Waals surface area (Å²) >= 11 is 7.69. The maximum Gasteiger partial charge on any atom is 0.416 e.